The van der Waals surface area contributed by atoms with E-state index in [0.29, 0.717) is 0 Å². The minimum Gasteiger partial charge on any atom is -0.269 e. The number of hydrogen-bond donors (Lipinski definition) is 0. The maximum atomic E-state index is 0. The fraction of sp³-hybridized carbons (Fsp3) is 0. The molecule has 0 fully saturated rings. The topological polar surface area (TPSA) is 0 Å². The summed E-state index contributed by atoms with van der Waals surface area (Å²) in [7, 11) is 0. The van der Waals surface area contributed by atoms with Crippen molar-refractivity contribution in [3.05, 3.63) is 0 Å². The Morgan fingerprint density at radius 2 is 0.333 bits per heavy atom. The first kappa shape index (κ1) is 734. The smallest absolute Gasteiger partial charge is 0 e. The fourth-order valence-corrected chi connectivity index (χ4v) is 0. The van der Waals surface area contributed by atoms with Gasteiger partial charge in [-0.25, -0.2) is 0 Å². The van der Waals surface area contributed by atoms with Crippen LogP contribution in [0.25, 0.3) is 0 Å². The van der Waals surface area contributed by atoms with Crippen molar-refractivity contribution < 1.29 is 49.4 Å². The minimum atomic E-state index is 0. The van der Waals surface area contributed by atoms with Gasteiger partial charge < -0.3 is 0 Å². The predicted molar refractivity (Wildman–Crippen MR) is 12.5 cm³/mol. The van der Waals surface area contributed by atoms with E-state index in [1.165, 1.54) is 0 Å². The summed E-state index contributed by atoms with van der Waals surface area (Å²) in [6, 6.07) is 0. The van der Waals surface area contributed by atoms with Crippen LogP contribution in [-0.4, -0.2) is 0 Å². The summed E-state index contributed by atoms with van der Waals surface area (Å²) >= 11 is 0. The molecule has 0 atom stereocenters. The zero-order valence-corrected chi connectivity index (χ0v) is 6.13. The maximum absolute atomic E-state index is 0. The second-order valence-electron chi connectivity index (χ2n) is 0. The third kappa shape index (κ3) is 207. The zero-order chi connectivity index (χ0) is 0. The molecule has 0 nitrogen and oxygen atoms in total. The van der Waals surface area contributed by atoms with Crippen molar-refractivity contribution in [1.29, 1.82) is 0 Å². The molecule has 0 aliphatic carbocycles. The summed E-state index contributed by atoms with van der Waals surface area (Å²) in [5, 5.41) is 0. The van der Waals surface area contributed by atoms with Crippen LogP contribution in [0.4, 0.5) is 23.5 Å². The van der Waals surface area contributed by atoms with Crippen molar-refractivity contribution in [2.45, 2.75) is 0 Å². The van der Waals surface area contributed by atoms with Crippen molar-refractivity contribution >= 4 is 0 Å². The Kier molecular flexibility index (Phi) is 51000. The van der Waals surface area contributed by atoms with Crippen LogP contribution < -0.4 is 0 Å². The van der Waals surface area contributed by atoms with Gasteiger partial charge in [-0.1, -0.05) is 0 Å². The molecular weight excluding hydrogens is 273 g/mol. The van der Waals surface area contributed by atoms with Crippen molar-refractivity contribution in [3.8, 4) is 0 Å². The molecule has 0 amide bonds. The molecule has 0 heterocycles. The molecule has 0 radical (unpaired) electrons. The molecule has 44 valence electrons. The standard InChI is InChI=1S/5FH.Hf/h5*1H;. The summed E-state index contributed by atoms with van der Waals surface area (Å²) in [6.07, 6.45) is 0. The van der Waals surface area contributed by atoms with E-state index in [1.807, 2.05) is 0 Å². The third-order valence-corrected chi connectivity index (χ3v) is 0. The Morgan fingerprint density at radius 3 is 0.333 bits per heavy atom. The van der Waals surface area contributed by atoms with Crippen molar-refractivity contribution in [2.75, 3.05) is 0 Å². The predicted octanol–water partition coefficient (Wildman–Crippen LogP) is 0.760. The molecule has 0 rings (SSSR count). The van der Waals surface area contributed by atoms with E-state index in [-0.39, 0.29) is 49.4 Å². The van der Waals surface area contributed by atoms with Crippen molar-refractivity contribution in [1.82, 2.24) is 0 Å². The molecule has 0 aromatic rings. The van der Waals surface area contributed by atoms with E-state index in [9.17, 15) is 0 Å². The van der Waals surface area contributed by atoms with Gasteiger partial charge in [0.2, 0.25) is 0 Å². The van der Waals surface area contributed by atoms with Crippen LogP contribution in [0.15, 0.2) is 0 Å². The zero-order valence-electron chi connectivity index (χ0n) is 2.54. The van der Waals surface area contributed by atoms with Crippen LogP contribution in [0.3, 0.4) is 0 Å². The molecule has 6 heteroatoms. The number of rotatable bonds is 0. The Labute approximate surface area is 49.9 Å². The number of hydrogen-bond acceptors (Lipinski definition) is 0. The van der Waals surface area contributed by atoms with E-state index >= 15 is 0 Å². The third-order valence-electron chi connectivity index (χ3n) is 0. The first-order valence-electron chi connectivity index (χ1n) is 0. The average Bonchev–Trinajstić information content (AvgIpc) is 0. The molecule has 0 aromatic heterocycles. The monoisotopic (exact) mass is 280 g/mol. The van der Waals surface area contributed by atoms with E-state index in [4.69, 9.17) is 0 Å². The fourth-order valence-electron chi connectivity index (χ4n) is 0. The Morgan fingerprint density at radius 1 is 0.333 bits per heavy atom. The normalized spacial score (nSPS) is 0. The second-order valence-corrected chi connectivity index (χ2v) is 0. The van der Waals surface area contributed by atoms with Crippen LogP contribution in [0, 0.1) is 0 Å². The van der Waals surface area contributed by atoms with Gasteiger partial charge in [0, 0.05) is 25.8 Å². The molecular formula is H5F5Hf. The molecule has 0 bridgehead atoms. The Bertz CT molecular complexity index is 3.90. The maximum Gasteiger partial charge on any atom is 0 e. The minimum absolute atomic E-state index is 0. The van der Waals surface area contributed by atoms with Gasteiger partial charge in [0.25, 0.3) is 0 Å². The molecule has 0 aromatic carbocycles. The van der Waals surface area contributed by atoms with Gasteiger partial charge in [-0.2, -0.15) is 0 Å². The number of halogens is 5. The van der Waals surface area contributed by atoms with Gasteiger partial charge >= 0.3 is 0 Å². The second kappa shape index (κ2) is 417. The molecule has 0 N–H and O–H groups in total. The van der Waals surface area contributed by atoms with Gasteiger partial charge in [-0.15, -0.1) is 0 Å². The largest absolute Gasteiger partial charge is 0.269 e. The summed E-state index contributed by atoms with van der Waals surface area (Å²) in [5.41, 5.74) is 0. The molecule has 0 unspecified atom stereocenters. The van der Waals surface area contributed by atoms with Gasteiger partial charge in [0.1, 0.15) is 0 Å². The van der Waals surface area contributed by atoms with E-state index in [0.717, 1.165) is 0 Å². The summed E-state index contributed by atoms with van der Waals surface area (Å²) in [5.74, 6) is 0. The van der Waals surface area contributed by atoms with Crippen LogP contribution in [0.1, 0.15) is 0 Å². The van der Waals surface area contributed by atoms with Crippen LogP contribution in [0.5, 0.6) is 0 Å². The SMILES string of the molecule is F.F.F.F.F.[Hf]. The molecule has 0 aliphatic heterocycles. The van der Waals surface area contributed by atoms with E-state index in [2.05, 4.69) is 0 Å². The molecule has 0 aliphatic rings. The average molecular weight is 279 g/mol. The van der Waals surface area contributed by atoms with Gasteiger partial charge in [-0.05, 0) is 0 Å². The van der Waals surface area contributed by atoms with Crippen LogP contribution in [-0.2, 0) is 25.8 Å². The van der Waals surface area contributed by atoms with Crippen LogP contribution in [0.2, 0.25) is 0 Å². The van der Waals surface area contributed by atoms with Crippen LogP contribution >= 0.6 is 0 Å². The van der Waals surface area contributed by atoms with Gasteiger partial charge in [-0.3, -0.25) is 23.5 Å². The molecule has 0 saturated heterocycles. The van der Waals surface area contributed by atoms with Crippen molar-refractivity contribution in [2.24, 2.45) is 0 Å². The summed E-state index contributed by atoms with van der Waals surface area (Å²) in [4.78, 5) is 0. The molecule has 6 heavy (non-hydrogen) atoms. The summed E-state index contributed by atoms with van der Waals surface area (Å²) in [6.45, 7) is 0. The van der Waals surface area contributed by atoms with Gasteiger partial charge in [0.15, 0.2) is 0 Å². The quantitative estimate of drug-likeness (QED) is 0.453. The Balaban J connectivity index is 0. The summed E-state index contributed by atoms with van der Waals surface area (Å²) < 4.78 is 0. The van der Waals surface area contributed by atoms with Gasteiger partial charge in [0.05, 0.1) is 0 Å². The van der Waals surface area contributed by atoms with Crippen molar-refractivity contribution in [3.63, 3.8) is 0 Å². The molecule has 0 saturated carbocycles. The molecule has 0 spiro atoms. The Hall–Kier alpha value is 0.520. The van der Waals surface area contributed by atoms with E-state index in [1.54, 1.807) is 0 Å². The van der Waals surface area contributed by atoms with E-state index < -0.39 is 0 Å². The first-order chi connectivity index (χ1) is 0. The first-order valence-corrected chi connectivity index (χ1v) is 0.